The van der Waals surface area contributed by atoms with Crippen LogP contribution in [-0.2, 0) is 4.79 Å². The van der Waals surface area contributed by atoms with Crippen LogP contribution in [0, 0.1) is 0 Å². The van der Waals surface area contributed by atoms with Gasteiger partial charge in [-0.15, -0.1) is 0 Å². The zero-order chi connectivity index (χ0) is 19.5. The van der Waals surface area contributed by atoms with E-state index in [0.29, 0.717) is 6.61 Å². The topological polar surface area (TPSA) is 137 Å². The van der Waals surface area contributed by atoms with Crippen molar-refractivity contribution in [1.82, 2.24) is 0 Å². The Kier molecular flexibility index (Phi) is 8.15. The average Bonchev–Trinajstić information content (AvgIpc) is 2.57. The summed E-state index contributed by atoms with van der Waals surface area (Å²) in [6.07, 6.45) is 0. The van der Waals surface area contributed by atoms with Crippen LogP contribution in [-0.4, -0.2) is 29.6 Å². The molecule has 26 heavy (non-hydrogen) atoms. The van der Waals surface area contributed by atoms with Gasteiger partial charge >= 0.3 is 11.9 Å². The van der Waals surface area contributed by atoms with Crippen molar-refractivity contribution >= 4 is 23.6 Å². The molecule has 2 aromatic rings. The number of aliphatic imine (C=N–C) groups is 1. The van der Waals surface area contributed by atoms with Crippen molar-refractivity contribution in [2.75, 3.05) is 6.61 Å². The smallest absolute Gasteiger partial charge is 0.339 e. The van der Waals surface area contributed by atoms with Gasteiger partial charge in [-0.2, -0.15) is 0 Å². The Morgan fingerprint density at radius 2 is 1.69 bits per heavy atom. The fourth-order valence-corrected chi connectivity index (χ4v) is 1.82. The van der Waals surface area contributed by atoms with Crippen LogP contribution in [0.1, 0.15) is 24.2 Å². The second kappa shape index (κ2) is 10.3. The monoisotopic (exact) mass is 359 g/mol. The predicted octanol–water partition coefficient (Wildman–Crippen LogP) is 2.30. The Labute approximate surface area is 151 Å². The van der Waals surface area contributed by atoms with Crippen LogP contribution >= 0.6 is 0 Å². The van der Waals surface area contributed by atoms with Crippen LogP contribution in [0.3, 0.4) is 0 Å². The van der Waals surface area contributed by atoms with Crippen LogP contribution in [0.4, 0.5) is 5.69 Å². The van der Waals surface area contributed by atoms with E-state index in [2.05, 4.69) is 9.73 Å². The molecule has 0 saturated carbocycles. The molecular formula is C18H21N3O5. The van der Waals surface area contributed by atoms with Crippen LogP contribution in [0.15, 0.2) is 53.5 Å². The van der Waals surface area contributed by atoms with E-state index in [4.69, 9.17) is 21.3 Å². The highest BCUT2D eigenvalue weighted by Crippen LogP contribution is 2.18. The third-order valence-corrected chi connectivity index (χ3v) is 2.78. The molecule has 2 aromatic carbocycles. The summed E-state index contributed by atoms with van der Waals surface area (Å²) in [5, 5.41) is 8.69. The first kappa shape index (κ1) is 20.5. The van der Waals surface area contributed by atoms with Crippen LogP contribution in [0.5, 0.6) is 11.5 Å². The number of carboxylic acid groups (broad SMARTS) is 1. The quantitative estimate of drug-likeness (QED) is 0.322. The summed E-state index contributed by atoms with van der Waals surface area (Å²) in [7, 11) is 0. The molecule has 2 rings (SSSR count). The molecule has 0 aliphatic rings. The maximum atomic E-state index is 10.6. The number of nitrogens with two attached hydrogens (primary N) is 2. The van der Waals surface area contributed by atoms with E-state index in [1.54, 1.807) is 24.3 Å². The second-order valence-corrected chi connectivity index (χ2v) is 4.86. The first-order valence-corrected chi connectivity index (χ1v) is 7.66. The molecule has 0 unspecified atom stereocenters. The molecule has 0 radical (unpaired) electrons. The largest absolute Gasteiger partial charge is 0.494 e. The van der Waals surface area contributed by atoms with Crippen molar-refractivity contribution < 1.29 is 24.2 Å². The normalized spacial score (nSPS) is 9.31. The predicted molar refractivity (Wildman–Crippen MR) is 97.8 cm³/mol. The summed E-state index contributed by atoms with van der Waals surface area (Å²) in [5.74, 6) is -0.700. The van der Waals surface area contributed by atoms with Gasteiger partial charge in [0.15, 0.2) is 5.96 Å². The number of benzene rings is 2. The van der Waals surface area contributed by atoms with Gasteiger partial charge in [-0.25, -0.2) is 9.79 Å². The first-order valence-electron chi connectivity index (χ1n) is 7.66. The number of guanidine groups is 1. The van der Waals surface area contributed by atoms with Gasteiger partial charge in [-0.1, -0.05) is 12.1 Å². The molecule has 138 valence electrons. The van der Waals surface area contributed by atoms with Gasteiger partial charge in [0.25, 0.3) is 0 Å². The van der Waals surface area contributed by atoms with Crippen molar-refractivity contribution in [2.45, 2.75) is 13.8 Å². The Morgan fingerprint density at radius 3 is 2.19 bits per heavy atom. The number of hydrogen-bond acceptors (Lipinski definition) is 5. The number of carbonyl (C=O) groups excluding carboxylic acids is 1. The van der Waals surface area contributed by atoms with Gasteiger partial charge < -0.3 is 26.0 Å². The third-order valence-electron chi connectivity index (χ3n) is 2.78. The lowest BCUT2D eigenvalue weighted by Gasteiger charge is -2.03. The van der Waals surface area contributed by atoms with E-state index in [1.165, 1.54) is 19.1 Å². The minimum atomic E-state index is -1.11. The molecule has 0 bridgehead atoms. The molecule has 5 N–H and O–H groups in total. The summed E-state index contributed by atoms with van der Waals surface area (Å²) in [5.41, 5.74) is 11.1. The third kappa shape index (κ3) is 7.35. The fourth-order valence-electron chi connectivity index (χ4n) is 1.82. The lowest BCUT2D eigenvalue weighted by molar-refractivity contribution is -0.131. The molecule has 0 spiro atoms. The van der Waals surface area contributed by atoms with Gasteiger partial charge in [0.05, 0.1) is 12.3 Å². The number of esters is 1. The second-order valence-electron chi connectivity index (χ2n) is 4.86. The lowest BCUT2D eigenvalue weighted by Crippen LogP contribution is -2.21. The van der Waals surface area contributed by atoms with Crippen LogP contribution in [0.25, 0.3) is 0 Å². The lowest BCUT2D eigenvalue weighted by atomic mass is 10.2. The molecule has 0 amide bonds. The fraction of sp³-hybridized carbons (Fsp3) is 0.167. The summed E-state index contributed by atoms with van der Waals surface area (Å²) < 4.78 is 9.94. The Bertz CT molecular complexity index is 769. The summed E-state index contributed by atoms with van der Waals surface area (Å²) in [4.78, 5) is 25.1. The van der Waals surface area contributed by atoms with Gasteiger partial charge in [0.1, 0.15) is 17.1 Å². The highest BCUT2D eigenvalue weighted by atomic mass is 16.5. The van der Waals surface area contributed by atoms with Crippen molar-refractivity contribution in [2.24, 2.45) is 16.5 Å². The molecule has 0 atom stereocenters. The molecule has 8 heteroatoms. The first-order chi connectivity index (χ1) is 12.3. The van der Waals surface area contributed by atoms with E-state index in [0.717, 1.165) is 11.4 Å². The summed E-state index contributed by atoms with van der Waals surface area (Å²) in [6, 6.07) is 13.2. The van der Waals surface area contributed by atoms with Crippen LogP contribution < -0.4 is 20.9 Å². The summed E-state index contributed by atoms with van der Waals surface area (Å²) in [6.45, 7) is 3.81. The zero-order valence-electron chi connectivity index (χ0n) is 14.5. The zero-order valence-corrected chi connectivity index (χ0v) is 14.5. The average molecular weight is 359 g/mol. The number of carbonyl (C=O) groups is 2. The maximum absolute atomic E-state index is 10.6. The van der Waals surface area contributed by atoms with E-state index >= 15 is 0 Å². The highest BCUT2D eigenvalue weighted by molar-refractivity contribution is 5.91. The SMILES string of the molecule is CC(=O)Oc1ccccc1C(=O)O.CCOc1ccc(N=C(N)N)cc1. The maximum Gasteiger partial charge on any atom is 0.339 e. The molecule has 0 aliphatic carbocycles. The van der Waals surface area contributed by atoms with E-state index in [1.807, 2.05) is 19.1 Å². The molecule has 0 aliphatic heterocycles. The number of hydrogen-bond donors (Lipinski definition) is 3. The minimum absolute atomic E-state index is 0.0160. The minimum Gasteiger partial charge on any atom is -0.494 e. The van der Waals surface area contributed by atoms with Gasteiger partial charge in [0, 0.05) is 6.92 Å². The number of carboxylic acids is 1. The summed E-state index contributed by atoms with van der Waals surface area (Å²) >= 11 is 0. The number of para-hydroxylation sites is 1. The van der Waals surface area contributed by atoms with Crippen LogP contribution in [0.2, 0.25) is 0 Å². The molecule has 0 fully saturated rings. The molecule has 0 saturated heterocycles. The van der Waals surface area contributed by atoms with Gasteiger partial charge in [-0.05, 0) is 43.3 Å². The number of rotatable bonds is 5. The van der Waals surface area contributed by atoms with Crippen molar-refractivity contribution in [1.29, 1.82) is 0 Å². The van der Waals surface area contributed by atoms with E-state index in [9.17, 15) is 9.59 Å². The Hall–Kier alpha value is -3.55. The number of aromatic carboxylic acids is 1. The molecule has 8 nitrogen and oxygen atoms in total. The number of ether oxygens (including phenoxy) is 2. The van der Waals surface area contributed by atoms with E-state index in [-0.39, 0.29) is 17.3 Å². The van der Waals surface area contributed by atoms with Crippen molar-refractivity contribution in [3.05, 3.63) is 54.1 Å². The van der Waals surface area contributed by atoms with Gasteiger partial charge in [0.2, 0.25) is 0 Å². The Morgan fingerprint density at radius 1 is 1.08 bits per heavy atom. The van der Waals surface area contributed by atoms with Gasteiger partial charge in [-0.3, -0.25) is 4.79 Å². The Balaban J connectivity index is 0.000000260. The standard InChI is InChI=1S/C9H13N3O.C9H8O4/c1-2-13-8-5-3-7(4-6-8)12-9(10)11;1-6(10)13-8-5-3-2-4-7(8)9(11)12/h3-6H,2H2,1H3,(H4,10,11,12);2-5H,1H3,(H,11,12). The van der Waals surface area contributed by atoms with Crippen molar-refractivity contribution in [3.63, 3.8) is 0 Å². The molecule has 0 heterocycles. The number of nitrogens with zero attached hydrogens (tertiary/aromatic N) is 1. The highest BCUT2D eigenvalue weighted by Gasteiger charge is 2.10. The van der Waals surface area contributed by atoms with Crippen molar-refractivity contribution in [3.8, 4) is 11.5 Å². The van der Waals surface area contributed by atoms with E-state index < -0.39 is 11.9 Å². The molecular weight excluding hydrogens is 338 g/mol. The molecule has 0 aromatic heterocycles.